The summed E-state index contributed by atoms with van der Waals surface area (Å²) in [6, 6.07) is 11.3. The van der Waals surface area contributed by atoms with E-state index in [0.29, 0.717) is 11.4 Å². The molecule has 32 heavy (non-hydrogen) atoms. The Bertz CT molecular complexity index is 1190. The Balaban J connectivity index is 2.03. The number of carbonyl (C=O) groups excluding carboxylic acids is 1. The lowest BCUT2D eigenvalue weighted by Crippen LogP contribution is -2.33. The van der Waals surface area contributed by atoms with Gasteiger partial charge in [0.15, 0.2) is 0 Å². The fourth-order valence-electron chi connectivity index (χ4n) is 3.34. The van der Waals surface area contributed by atoms with E-state index in [2.05, 4.69) is 10.3 Å². The maximum absolute atomic E-state index is 13.1. The van der Waals surface area contributed by atoms with E-state index in [1.165, 1.54) is 12.1 Å². The summed E-state index contributed by atoms with van der Waals surface area (Å²) in [6.45, 7) is 2.77. The molecule has 0 spiro atoms. The van der Waals surface area contributed by atoms with Gasteiger partial charge in [0.1, 0.15) is 12.4 Å². The van der Waals surface area contributed by atoms with Crippen molar-refractivity contribution in [3.05, 3.63) is 81.3 Å². The highest BCUT2D eigenvalue weighted by atomic mass is 19.4. The van der Waals surface area contributed by atoms with Gasteiger partial charge in [0.05, 0.1) is 5.56 Å². The molecule has 0 aliphatic carbocycles. The van der Waals surface area contributed by atoms with E-state index in [9.17, 15) is 27.9 Å². The largest absolute Gasteiger partial charge is 0.416 e. The first-order valence-electron chi connectivity index (χ1n) is 9.85. The zero-order valence-corrected chi connectivity index (χ0v) is 17.5. The van der Waals surface area contributed by atoms with Crippen molar-refractivity contribution in [3.63, 3.8) is 0 Å². The number of benzene rings is 2. The average molecular weight is 445 g/mol. The van der Waals surface area contributed by atoms with Crippen LogP contribution >= 0.6 is 0 Å². The maximum Gasteiger partial charge on any atom is 0.416 e. The summed E-state index contributed by atoms with van der Waals surface area (Å²) in [4.78, 5) is 30.1. The van der Waals surface area contributed by atoms with E-state index < -0.39 is 29.8 Å². The van der Waals surface area contributed by atoms with E-state index in [1.54, 1.807) is 25.1 Å². The predicted octanol–water partition coefficient (Wildman–Crippen LogP) is 3.72. The lowest BCUT2D eigenvalue weighted by Gasteiger charge is -2.16. The molecule has 0 atom stereocenters. The molecule has 0 bridgehead atoms. The van der Waals surface area contributed by atoms with Gasteiger partial charge in [-0.25, -0.2) is 4.98 Å². The van der Waals surface area contributed by atoms with Crippen LogP contribution in [0.1, 0.15) is 22.4 Å². The Kier molecular flexibility index (Phi) is 6.78. The molecule has 6 nitrogen and oxygen atoms in total. The van der Waals surface area contributed by atoms with Gasteiger partial charge >= 0.3 is 6.18 Å². The van der Waals surface area contributed by atoms with E-state index in [1.807, 2.05) is 13.0 Å². The van der Waals surface area contributed by atoms with Gasteiger partial charge in [0.25, 0.3) is 5.56 Å². The molecule has 1 heterocycles. The van der Waals surface area contributed by atoms with Crippen LogP contribution in [0.4, 0.5) is 18.9 Å². The van der Waals surface area contributed by atoms with Crippen LogP contribution in [-0.2, 0) is 23.9 Å². The fourth-order valence-corrected chi connectivity index (χ4v) is 3.34. The second-order valence-electron chi connectivity index (χ2n) is 7.36. The summed E-state index contributed by atoms with van der Waals surface area (Å²) in [5.41, 5.74) is 0.974. The highest BCUT2D eigenvalue weighted by Crippen LogP contribution is 2.30. The molecule has 1 amide bonds. The number of aliphatic hydroxyl groups excluding tert-OH is 1. The summed E-state index contributed by atoms with van der Waals surface area (Å²) in [5, 5.41) is 12.0. The maximum atomic E-state index is 13.1. The molecule has 9 heteroatoms. The number of anilines is 1. The zero-order valence-electron chi connectivity index (χ0n) is 17.5. The third kappa shape index (κ3) is 5.23. The van der Waals surface area contributed by atoms with Gasteiger partial charge in [-0.2, -0.15) is 13.2 Å². The van der Waals surface area contributed by atoms with Crippen molar-refractivity contribution in [1.29, 1.82) is 0 Å². The molecule has 0 fully saturated rings. The molecule has 2 N–H and O–H groups in total. The van der Waals surface area contributed by atoms with Crippen LogP contribution in [0, 0.1) is 13.8 Å². The smallest absolute Gasteiger partial charge is 0.396 e. The van der Waals surface area contributed by atoms with Crippen LogP contribution < -0.4 is 10.9 Å². The van der Waals surface area contributed by atoms with Crippen molar-refractivity contribution in [2.45, 2.75) is 33.0 Å². The molecule has 0 saturated carbocycles. The molecule has 2 aromatic carbocycles. The van der Waals surface area contributed by atoms with Crippen molar-refractivity contribution in [3.8, 4) is 11.4 Å². The number of hydrogen-bond donors (Lipinski definition) is 2. The molecule has 3 aromatic rings. The summed E-state index contributed by atoms with van der Waals surface area (Å²) >= 11 is 0. The Morgan fingerprint density at radius 3 is 2.41 bits per heavy atom. The highest BCUT2D eigenvalue weighted by molar-refractivity contribution is 5.90. The number of amides is 1. The van der Waals surface area contributed by atoms with E-state index in [-0.39, 0.29) is 30.0 Å². The van der Waals surface area contributed by atoms with Gasteiger partial charge in [-0.15, -0.1) is 0 Å². The predicted molar refractivity (Wildman–Crippen MR) is 114 cm³/mol. The number of hydrogen-bond acceptors (Lipinski definition) is 4. The molecule has 0 aliphatic rings. The Labute approximate surface area is 182 Å². The number of carbonyl (C=O) groups is 1. The van der Waals surface area contributed by atoms with Crippen molar-refractivity contribution < 1.29 is 23.1 Å². The average Bonchev–Trinajstić information content (AvgIpc) is 2.72. The molecule has 168 valence electrons. The Hall–Kier alpha value is -3.46. The van der Waals surface area contributed by atoms with Crippen LogP contribution in [0.5, 0.6) is 0 Å². The van der Waals surface area contributed by atoms with Crippen molar-refractivity contribution in [1.82, 2.24) is 9.55 Å². The van der Waals surface area contributed by atoms with Crippen molar-refractivity contribution >= 4 is 11.6 Å². The SMILES string of the molecule is Cc1cccc(NC(=O)Cn2c(-c3ccc(C(F)(F)F)cc3)nc(C)c(CCO)c2=O)c1. The van der Waals surface area contributed by atoms with Crippen LogP contribution in [0.3, 0.4) is 0 Å². The fraction of sp³-hybridized carbons (Fsp3) is 0.261. The quantitative estimate of drug-likeness (QED) is 0.606. The molecule has 0 aliphatic heterocycles. The monoisotopic (exact) mass is 445 g/mol. The second-order valence-corrected chi connectivity index (χ2v) is 7.36. The van der Waals surface area contributed by atoms with Crippen LogP contribution in [-0.4, -0.2) is 27.2 Å². The minimum absolute atomic E-state index is 0.0461. The van der Waals surface area contributed by atoms with Crippen LogP contribution in [0.15, 0.2) is 53.3 Å². The van der Waals surface area contributed by atoms with Gasteiger partial charge in [0.2, 0.25) is 5.91 Å². The third-order valence-electron chi connectivity index (χ3n) is 4.91. The Morgan fingerprint density at radius 1 is 1.12 bits per heavy atom. The number of aromatic nitrogens is 2. The first kappa shape index (κ1) is 23.2. The van der Waals surface area contributed by atoms with Gasteiger partial charge in [-0.1, -0.05) is 24.3 Å². The lowest BCUT2D eigenvalue weighted by atomic mass is 10.1. The number of halogens is 3. The molecule has 1 aromatic heterocycles. The minimum atomic E-state index is -4.50. The normalized spacial score (nSPS) is 11.4. The molecular weight excluding hydrogens is 423 g/mol. The number of alkyl halides is 3. The van der Waals surface area contributed by atoms with E-state index in [4.69, 9.17) is 0 Å². The summed E-state index contributed by atoms with van der Waals surface area (Å²) in [6.07, 6.45) is -4.45. The standard InChI is InChI=1S/C23H22F3N3O3/c1-14-4-3-5-18(12-14)28-20(31)13-29-21(27-15(2)19(10-11-30)22(29)32)16-6-8-17(9-7-16)23(24,25)26/h3-9,12,30H,10-11,13H2,1-2H3,(H,28,31). The van der Waals surface area contributed by atoms with E-state index >= 15 is 0 Å². The molecule has 0 saturated heterocycles. The summed E-state index contributed by atoms with van der Waals surface area (Å²) in [7, 11) is 0. The first-order valence-corrected chi connectivity index (χ1v) is 9.85. The molecular formula is C23H22F3N3O3. The van der Waals surface area contributed by atoms with E-state index in [0.717, 1.165) is 22.3 Å². The third-order valence-corrected chi connectivity index (χ3v) is 4.91. The zero-order chi connectivity index (χ0) is 23.5. The molecule has 0 radical (unpaired) electrons. The second kappa shape index (κ2) is 9.35. The van der Waals surface area contributed by atoms with Crippen LogP contribution in [0.25, 0.3) is 11.4 Å². The van der Waals surface area contributed by atoms with Gasteiger partial charge in [-0.3, -0.25) is 14.2 Å². The minimum Gasteiger partial charge on any atom is -0.396 e. The van der Waals surface area contributed by atoms with Gasteiger partial charge < -0.3 is 10.4 Å². The highest BCUT2D eigenvalue weighted by Gasteiger charge is 2.30. The van der Waals surface area contributed by atoms with Crippen molar-refractivity contribution in [2.75, 3.05) is 11.9 Å². The molecule has 3 rings (SSSR count). The van der Waals surface area contributed by atoms with Crippen molar-refractivity contribution in [2.24, 2.45) is 0 Å². The summed E-state index contributed by atoms with van der Waals surface area (Å²) < 4.78 is 39.9. The summed E-state index contributed by atoms with van der Waals surface area (Å²) in [5.74, 6) is -0.422. The number of nitrogens with one attached hydrogen (secondary N) is 1. The van der Waals surface area contributed by atoms with Crippen LogP contribution in [0.2, 0.25) is 0 Å². The van der Waals surface area contributed by atoms with Gasteiger partial charge in [-0.05, 0) is 43.7 Å². The molecule has 0 unspecified atom stereocenters. The van der Waals surface area contributed by atoms with Gasteiger partial charge in [0, 0.05) is 35.5 Å². The first-order chi connectivity index (χ1) is 15.1. The topological polar surface area (TPSA) is 84.2 Å². The number of aliphatic hydroxyl groups is 1. The number of nitrogens with zero attached hydrogens (tertiary/aromatic N) is 2. The lowest BCUT2D eigenvalue weighted by molar-refractivity contribution is -0.137. The number of aryl methyl sites for hydroxylation is 2. The Morgan fingerprint density at radius 2 is 1.81 bits per heavy atom. The number of rotatable bonds is 6.